The smallest absolute Gasteiger partial charge is 0.0689 e. The first-order valence-corrected chi connectivity index (χ1v) is 11.9. The first kappa shape index (κ1) is 43.5. The second-order valence-corrected chi connectivity index (χ2v) is 11.6. The van der Waals surface area contributed by atoms with E-state index in [2.05, 4.69) is 114 Å². The summed E-state index contributed by atoms with van der Waals surface area (Å²) in [5.74, 6) is 2.83. The van der Waals surface area contributed by atoms with Crippen molar-refractivity contribution < 1.29 is 74.9 Å². The van der Waals surface area contributed by atoms with Gasteiger partial charge < -0.3 is 41.7 Å². The fraction of sp³-hybridized carbons (Fsp3) is 0.769. The van der Waals surface area contributed by atoms with Crippen LogP contribution in [0.2, 0.25) is 0 Å². The first-order chi connectivity index (χ1) is 15.6. The molecule has 0 fully saturated rings. The zero-order chi connectivity index (χ0) is 26.6. The Bertz CT molecular complexity index is 589. The van der Waals surface area contributed by atoms with Crippen molar-refractivity contribution >= 4 is 0 Å². The summed E-state index contributed by atoms with van der Waals surface area (Å²) in [7, 11) is 0. The number of ether oxygens (including phenoxy) is 2. The Hall–Kier alpha value is 0.408. The van der Waals surface area contributed by atoms with Gasteiger partial charge >= 0.3 is 0 Å². The van der Waals surface area contributed by atoms with Gasteiger partial charge in [-0.25, -0.2) is 0 Å². The number of rotatable bonds is 8. The van der Waals surface area contributed by atoms with E-state index < -0.39 is 0 Å². The van der Waals surface area contributed by atoms with Gasteiger partial charge in [0.1, 0.15) is 0 Å². The monoisotopic (exact) mass is 656 g/mol. The standard InChI is InChI=1S/2C9H16N3O.2C4H9.2Y/c2*1-9(2,3)4-5-13-7-8-6-10-12-11-8;2*1-4(2)3;;/h2*6H,4-5,7H2,1-3H3;2*1-3H3;;/q4*-1;;. The largest absolute Gasteiger partial charge is 0.377 e. The van der Waals surface area contributed by atoms with Crippen LogP contribution >= 0.6 is 0 Å². The molecule has 36 heavy (non-hydrogen) atoms. The van der Waals surface area contributed by atoms with Crippen LogP contribution in [0.15, 0.2) is 12.4 Å². The maximum atomic E-state index is 5.41. The maximum absolute atomic E-state index is 5.41. The zero-order valence-corrected chi connectivity index (χ0v) is 30.7. The molecule has 2 radical (unpaired) electrons. The van der Waals surface area contributed by atoms with Crippen molar-refractivity contribution in [3.8, 4) is 0 Å². The Balaban J connectivity index is -0.000000211. The molecule has 0 amide bonds. The molecule has 0 bridgehead atoms. The van der Waals surface area contributed by atoms with Crippen LogP contribution in [-0.4, -0.2) is 33.8 Å². The van der Waals surface area contributed by atoms with Gasteiger partial charge in [0.05, 0.1) is 13.2 Å². The van der Waals surface area contributed by atoms with Gasteiger partial charge in [0.15, 0.2) is 0 Å². The summed E-state index contributed by atoms with van der Waals surface area (Å²) in [6.07, 6.45) is 5.34. The Kier molecular flexibility index (Phi) is 31.0. The third-order valence-electron chi connectivity index (χ3n) is 3.36. The zero-order valence-electron chi connectivity index (χ0n) is 25.1. The summed E-state index contributed by atoms with van der Waals surface area (Å²) in [4.78, 5) is 0. The molecule has 2 aromatic heterocycles. The van der Waals surface area contributed by atoms with Crippen LogP contribution < -0.4 is 10.2 Å². The molecule has 0 aliphatic carbocycles. The van der Waals surface area contributed by atoms with E-state index in [4.69, 9.17) is 9.47 Å². The molecule has 0 aliphatic rings. The topological polar surface area (TPSA) is 98.2 Å². The Morgan fingerprint density at radius 1 is 0.639 bits per heavy atom. The predicted octanol–water partition coefficient (Wildman–Crippen LogP) is 6.01. The van der Waals surface area contributed by atoms with Gasteiger partial charge in [-0.05, 0) is 35.1 Å². The normalized spacial score (nSPS) is 10.6. The molecule has 0 saturated heterocycles. The third-order valence-corrected chi connectivity index (χ3v) is 3.36. The van der Waals surface area contributed by atoms with E-state index in [1.165, 1.54) is 11.8 Å². The van der Waals surface area contributed by atoms with Crippen LogP contribution in [0.25, 0.3) is 0 Å². The van der Waals surface area contributed by atoms with Crippen LogP contribution in [0.4, 0.5) is 0 Å². The summed E-state index contributed by atoms with van der Waals surface area (Å²) in [5, 5.41) is 21.7. The first-order valence-electron chi connectivity index (χ1n) is 11.9. The van der Waals surface area contributed by atoms with E-state index >= 15 is 0 Å². The second kappa shape index (κ2) is 25.7. The van der Waals surface area contributed by atoms with Crippen molar-refractivity contribution in [1.29, 1.82) is 0 Å². The molecule has 206 valence electrons. The molecule has 0 aromatic carbocycles. The van der Waals surface area contributed by atoms with Gasteiger partial charge in [0.25, 0.3) is 0 Å². The van der Waals surface area contributed by atoms with E-state index in [1.54, 1.807) is 12.4 Å². The number of aromatic nitrogens is 6. The van der Waals surface area contributed by atoms with Crippen LogP contribution in [0, 0.1) is 22.7 Å². The van der Waals surface area contributed by atoms with Gasteiger partial charge in [-0.2, -0.15) is 41.5 Å². The SMILES string of the molecule is CC(C)(C)CCOCc1c[n-]nn1.CC(C)(C)CCOCc1c[n-]nn1.C[C-](C)C.C[C-](C)C.[Y].[Y]. The van der Waals surface area contributed by atoms with E-state index in [9.17, 15) is 0 Å². The fourth-order valence-corrected chi connectivity index (χ4v) is 1.65. The van der Waals surface area contributed by atoms with Crippen LogP contribution in [0.3, 0.4) is 0 Å². The van der Waals surface area contributed by atoms with Crippen molar-refractivity contribution in [2.75, 3.05) is 13.2 Å². The summed E-state index contributed by atoms with van der Waals surface area (Å²) < 4.78 is 10.8. The minimum Gasteiger partial charge on any atom is -0.377 e. The van der Waals surface area contributed by atoms with Crippen LogP contribution in [-0.2, 0) is 88.1 Å². The quantitative estimate of drug-likeness (QED) is 0.252. The van der Waals surface area contributed by atoms with E-state index in [1.807, 2.05) is 0 Å². The molecule has 0 spiro atoms. The van der Waals surface area contributed by atoms with Crippen LogP contribution in [0.1, 0.15) is 107 Å². The number of nitrogens with zero attached hydrogens (tertiary/aromatic N) is 6. The van der Waals surface area contributed by atoms with E-state index in [0.717, 1.165) is 37.4 Å². The summed E-state index contributed by atoms with van der Waals surface area (Å²) in [6.45, 7) is 28.2. The van der Waals surface area contributed by atoms with Gasteiger partial charge in [0, 0.05) is 78.6 Å². The molecule has 0 saturated carbocycles. The van der Waals surface area contributed by atoms with Gasteiger partial charge in [0.2, 0.25) is 0 Å². The van der Waals surface area contributed by atoms with Crippen LogP contribution in [0.5, 0.6) is 0 Å². The van der Waals surface area contributed by atoms with Crippen molar-refractivity contribution in [2.24, 2.45) is 10.8 Å². The number of hydrogen-bond donors (Lipinski definition) is 0. The minimum absolute atomic E-state index is 0. The molecule has 2 aromatic rings. The minimum atomic E-state index is 0. The number of hydrogen-bond acceptors (Lipinski definition) is 6. The maximum Gasteiger partial charge on any atom is 0.0689 e. The summed E-state index contributed by atoms with van der Waals surface area (Å²) >= 11 is 0. The van der Waals surface area contributed by atoms with E-state index in [-0.39, 0.29) is 65.4 Å². The molecule has 10 heteroatoms. The van der Waals surface area contributed by atoms with E-state index in [0.29, 0.717) is 24.0 Å². The fourth-order valence-electron chi connectivity index (χ4n) is 1.65. The summed E-state index contributed by atoms with van der Waals surface area (Å²) in [5.41, 5.74) is 2.26. The van der Waals surface area contributed by atoms with Crippen molar-refractivity contribution in [3.63, 3.8) is 0 Å². The third kappa shape index (κ3) is 41.5. The molecule has 8 nitrogen and oxygen atoms in total. The average molecular weight is 657 g/mol. The van der Waals surface area contributed by atoms with Crippen molar-refractivity contribution in [1.82, 2.24) is 30.8 Å². The van der Waals surface area contributed by atoms with Crippen molar-refractivity contribution in [3.05, 3.63) is 35.6 Å². The van der Waals surface area contributed by atoms with Gasteiger partial charge in [-0.15, -0.1) is 0 Å². The molecule has 2 heterocycles. The molecule has 0 N–H and O–H groups in total. The molecule has 0 unspecified atom stereocenters. The molecule has 2 rings (SSSR count). The Morgan fingerprint density at radius 2 is 0.917 bits per heavy atom. The summed E-state index contributed by atoms with van der Waals surface area (Å²) in [6, 6.07) is 0. The Morgan fingerprint density at radius 3 is 1.11 bits per heavy atom. The van der Waals surface area contributed by atoms with Gasteiger partial charge in [-0.3, -0.25) is 10.4 Å². The second-order valence-electron chi connectivity index (χ2n) is 11.6. The molecule has 0 aliphatic heterocycles. The molecule has 0 atom stereocenters. The average Bonchev–Trinajstić information content (AvgIpc) is 3.34. The van der Waals surface area contributed by atoms with Crippen molar-refractivity contribution in [2.45, 2.75) is 109 Å². The van der Waals surface area contributed by atoms with Gasteiger partial charge in [-0.1, -0.05) is 53.9 Å². The predicted molar refractivity (Wildman–Crippen MR) is 139 cm³/mol. The molecular formula is C26H50N6O2Y2-4. The Labute approximate surface area is 272 Å². The molecular weight excluding hydrogens is 606 g/mol.